The van der Waals surface area contributed by atoms with E-state index < -0.39 is 0 Å². The van der Waals surface area contributed by atoms with Crippen LogP contribution in [0.25, 0.3) is 0 Å². The van der Waals surface area contributed by atoms with Gasteiger partial charge < -0.3 is 15.2 Å². The zero-order chi connectivity index (χ0) is 15.1. The van der Waals surface area contributed by atoms with Crippen molar-refractivity contribution in [1.29, 1.82) is 0 Å². The number of pyridine rings is 1. The molecule has 0 spiro atoms. The molecule has 0 radical (unpaired) electrons. The minimum absolute atomic E-state index is 0.121. The molecule has 0 aliphatic carbocycles. The summed E-state index contributed by atoms with van der Waals surface area (Å²) in [4.78, 5) is 16.1. The number of aliphatic hydroxyl groups is 1. The average Bonchev–Trinajstić information content (AvgIpc) is 2.55. The van der Waals surface area contributed by atoms with Gasteiger partial charge >= 0.3 is 0 Å². The van der Waals surface area contributed by atoms with Crippen LogP contribution >= 0.6 is 0 Å². The number of nitrogens with one attached hydrogen (secondary N) is 1. The van der Waals surface area contributed by atoms with Gasteiger partial charge in [-0.05, 0) is 18.1 Å². The zero-order valence-corrected chi connectivity index (χ0v) is 11.8. The Bertz CT molecular complexity index is 570. The van der Waals surface area contributed by atoms with E-state index in [-0.39, 0.29) is 18.6 Å². The van der Waals surface area contributed by atoms with Gasteiger partial charge in [-0.25, -0.2) is 4.98 Å². The number of amides is 1. The van der Waals surface area contributed by atoms with E-state index in [1.807, 2.05) is 30.3 Å². The molecular weight excluding hydrogens is 268 g/mol. The van der Waals surface area contributed by atoms with E-state index in [1.54, 1.807) is 12.1 Å². The topological polar surface area (TPSA) is 71.5 Å². The van der Waals surface area contributed by atoms with Crippen molar-refractivity contribution in [3.05, 3.63) is 59.8 Å². The van der Waals surface area contributed by atoms with Crippen molar-refractivity contribution in [3.63, 3.8) is 0 Å². The second kappa shape index (κ2) is 7.40. The van der Waals surface area contributed by atoms with E-state index in [9.17, 15) is 9.90 Å². The van der Waals surface area contributed by atoms with Crippen LogP contribution < -0.4 is 10.1 Å². The van der Waals surface area contributed by atoms with Crippen LogP contribution in [0.5, 0.6) is 5.88 Å². The van der Waals surface area contributed by atoms with Crippen molar-refractivity contribution in [2.75, 3.05) is 13.7 Å². The fourth-order valence-electron chi connectivity index (χ4n) is 1.96. The van der Waals surface area contributed by atoms with E-state index in [0.717, 1.165) is 5.56 Å². The number of hydrogen-bond donors (Lipinski definition) is 2. The lowest BCUT2D eigenvalue weighted by Gasteiger charge is -2.16. The molecule has 0 unspecified atom stereocenters. The van der Waals surface area contributed by atoms with Crippen molar-refractivity contribution in [2.45, 2.75) is 12.5 Å². The van der Waals surface area contributed by atoms with Crippen LogP contribution in [-0.2, 0) is 6.42 Å². The number of carbonyl (C=O) groups excluding carboxylic acids is 1. The predicted molar refractivity (Wildman–Crippen MR) is 79.3 cm³/mol. The van der Waals surface area contributed by atoms with Crippen LogP contribution in [0.15, 0.2) is 48.7 Å². The molecule has 0 saturated carbocycles. The highest BCUT2D eigenvalue weighted by atomic mass is 16.5. The molecule has 0 aliphatic heterocycles. The molecule has 1 heterocycles. The maximum atomic E-state index is 12.1. The first-order valence-electron chi connectivity index (χ1n) is 6.68. The Morgan fingerprint density at radius 3 is 2.62 bits per heavy atom. The maximum Gasteiger partial charge on any atom is 0.253 e. The molecule has 0 saturated heterocycles. The number of rotatable bonds is 6. The third-order valence-electron chi connectivity index (χ3n) is 3.09. The van der Waals surface area contributed by atoms with Gasteiger partial charge in [-0.1, -0.05) is 30.3 Å². The highest BCUT2D eigenvalue weighted by molar-refractivity contribution is 5.94. The molecular formula is C16H18N2O3. The van der Waals surface area contributed by atoms with Crippen molar-refractivity contribution >= 4 is 5.91 Å². The maximum absolute atomic E-state index is 12.1. The van der Waals surface area contributed by atoms with Crippen LogP contribution in [0.3, 0.4) is 0 Å². The lowest BCUT2D eigenvalue weighted by atomic mass is 10.1. The number of aliphatic hydroxyl groups excluding tert-OH is 1. The lowest BCUT2D eigenvalue weighted by molar-refractivity contribution is 0.0916. The van der Waals surface area contributed by atoms with Gasteiger partial charge in [0.25, 0.3) is 5.91 Å². The van der Waals surface area contributed by atoms with Gasteiger partial charge in [-0.15, -0.1) is 0 Å². The van der Waals surface area contributed by atoms with Gasteiger partial charge in [-0.3, -0.25) is 4.79 Å². The largest absolute Gasteiger partial charge is 0.481 e. The Balaban J connectivity index is 1.98. The molecule has 1 atom stereocenters. The Kier molecular flexibility index (Phi) is 5.29. The third-order valence-corrected chi connectivity index (χ3v) is 3.09. The summed E-state index contributed by atoms with van der Waals surface area (Å²) >= 11 is 0. The van der Waals surface area contributed by atoms with Gasteiger partial charge in [0.15, 0.2) is 0 Å². The molecule has 0 fully saturated rings. The summed E-state index contributed by atoms with van der Waals surface area (Å²) < 4.78 is 4.95. The summed E-state index contributed by atoms with van der Waals surface area (Å²) in [7, 11) is 1.52. The Morgan fingerprint density at radius 1 is 1.29 bits per heavy atom. The first kappa shape index (κ1) is 15.0. The van der Waals surface area contributed by atoms with Gasteiger partial charge in [0.1, 0.15) is 0 Å². The number of benzene rings is 1. The third kappa shape index (κ3) is 4.29. The van der Waals surface area contributed by atoms with Gasteiger partial charge in [-0.2, -0.15) is 0 Å². The standard InChI is InChI=1S/C16H18N2O3/c1-21-15-8-7-13(10-17-15)16(20)18-14(11-19)9-12-5-3-2-4-6-12/h2-8,10,14,19H,9,11H2,1H3,(H,18,20)/t14-/m1/s1. The van der Waals surface area contributed by atoms with Crippen LogP contribution in [0, 0.1) is 0 Å². The summed E-state index contributed by atoms with van der Waals surface area (Å²) in [6.45, 7) is -0.121. The first-order valence-corrected chi connectivity index (χ1v) is 6.68. The van der Waals surface area contributed by atoms with Crippen molar-refractivity contribution in [2.24, 2.45) is 0 Å². The van der Waals surface area contributed by atoms with Crippen molar-refractivity contribution in [1.82, 2.24) is 10.3 Å². The summed E-state index contributed by atoms with van der Waals surface area (Å²) in [6.07, 6.45) is 2.03. The monoisotopic (exact) mass is 286 g/mol. The van der Waals surface area contributed by atoms with Crippen molar-refractivity contribution < 1.29 is 14.6 Å². The van der Waals surface area contributed by atoms with Gasteiger partial charge in [0, 0.05) is 12.3 Å². The van der Waals surface area contributed by atoms with E-state index in [2.05, 4.69) is 10.3 Å². The van der Waals surface area contributed by atoms with Crippen LogP contribution in [-0.4, -0.2) is 35.8 Å². The quantitative estimate of drug-likeness (QED) is 0.842. The highest BCUT2D eigenvalue weighted by Crippen LogP contribution is 2.08. The smallest absolute Gasteiger partial charge is 0.253 e. The summed E-state index contributed by atoms with van der Waals surface area (Å²) in [5.74, 6) is 0.190. The van der Waals surface area contributed by atoms with Crippen LogP contribution in [0.1, 0.15) is 15.9 Å². The fourth-order valence-corrected chi connectivity index (χ4v) is 1.96. The fraction of sp³-hybridized carbons (Fsp3) is 0.250. The normalized spacial score (nSPS) is 11.7. The number of nitrogens with zero attached hydrogens (tertiary/aromatic N) is 1. The molecule has 2 N–H and O–H groups in total. The van der Waals surface area contributed by atoms with Gasteiger partial charge in [0.2, 0.25) is 5.88 Å². The molecule has 5 heteroatoms. The number of hydrogen-bond acceptors (Lipinski definition) is 4. The lowest BCUT2D eigenvalue weighted by Crippen LogP contribution is -2.39. The number of ether oxygens (including phenoxy) is 1. The molecule has 5 nitrogen and oxygen atoms in total. The number of methoxy groups -OCH3 is 1. The molecule has 2 aromatic rings. The molecule has 1 aromatic carbocycles. The van der Waals surface area contributed by atoms with Gasteiger partial charge in [0.05, 0.1) is 25.3 Å². The zero-order valence-electron chi connectivity index (χ0n) is 11.8. The van der Waals surface area contributed by atoms with E-state index in [1.165, 1.54) is 13.3 Å². The second-order valence-electron chi connectivity index (χ2n) is 4.63. The predicted octanol–water partition coefficient (Wildman–Crippen LogP) is 1.42. The molecule has 0 bridgehead atoms. The summed E-state index contributed by atoms with van der Waals surface area (Å²) in [5, 5.41) is 12.2. The highest BCUT2D eigenvalue weighted by Gasteiger charge is 2.14. The minimum atomic E-state index is -0.331. The molecule has 1 amide bonds. The first-order chi connectivity index (χ1) is 10.2. The van der Waals surface area contributed by atoms with E-state index in [0.29, 0.717) is 17.9 Å². The van der Waals surface area contributed by atoms with Crippen LogP contribution in [0.4, 0.5) is 0 Å². The number of carbonyl (C=O) groups is 1. The Labute approximate surface area is 123 Å². The SMILES string of the molecule is COc1ccc(C(=O)N[C@@H](CO)Cc2ccccc2)cn1. The molecule has 0 aliphatic rings. The Morgan fingerprint density at radius 2 is 2.05 bits per heavy atom. The second-order valence-corrected chi connectivity index (χ2v) is 4.63. The molecule has 1 aromatic heterocycles. The molecule has 110 valence electrons. The van der Waals surface area contributed by atoms with E-state index in [4.69, 9.17) is 4.74 Å². The van der Waals surface area contributed by atoms with Crippen LogP contribution in [0.2, 0.25) is 0 Å². The molecule has 2 rings (SSSR count). The molecule has 21 heavy (non-hydrogen) atoms. The van der Waals surface area contributed by atoms with Crippen molar-refractivity contribution in [3.8, 4) is 5.88 Å². The minimum Gasteiger partial charge on any atom is -0.481 e. The average molecular weight is 286 g/mol. The number of aromatic nitrogens is 1. The summed E-state index contributed by atoms with van der Waals surface area (Å²) in [5.41, 5.74) is 1.49. The summed E-state index contributed by atoms with van der Waals surface area (Å²) in [6, 6.07) is 12.6. The van der Waals surface area contributed by atoms with E-state index >= 15 is 0 Å². The Hall–Kier alpha value is -2.40.